The van der Waals surface area contributed by atoms with Crippen molar-refractivity contribution in [1.29, 1.82) is 0 Å². The summed E-state index contributed by atoms with van der Waals surface area (Å²) in [5.41, 5.74) is 1.17. The summed E-state index contributed by atoms with van der Waals surface area (Å²) in [5.74, 6) is -1.37. The van der Waals surface area contributed by atoms with Crippen LogP contribution in [0.1, 0.15) is 82.0 Å². The first-order valence-corrected chi connectivity index (χ1v) is 23.0. The van der Waals surface area contributed by atoms with Crippen molar-refractivity contribution in [2.75, 3.05) is 50.6 Å². The number of aromatic nitrogens is 1. The molecule has 13 nitrogen and oxygen atoms in total. The van der Waals surface area contributed by atoms with Gasteiger partial charge in [-0.2, -0.15) is 0 Å². The molecule has 3 aromatic rings. The molecule has 3 fully saturated rings. The van der Waals surface area contributed by atoms with Gasteiger partial charge in [-0.1, -0.05) is 26.0 Å². The van der Waals surface area contributed by atoms with Gasteiger partial charge in [-0.3, -0.25) is 23.9 Å². The first kappa shape index (κ1) is 41.7. The minimum Gasteiger partial charge on any atom is -0.489 e. The lowest BCUT2D eigenvalue weighted by Gasteiger charge is -2.32. The van der Waals surface area contributed by atoms with Gasteiger partial charge in [-0.25, -0.2) is 13.4 Å². The number of pyridine rings is 1. The molecule has 7 atom stereocenters. The molecule has 0 radical (unpaired) electrons. The number of hydrogen-bond donors (Lipinski definition) is 1. The lowest BCUT2D eigenvalue weighted by atomic mass is 9.80. The average Bonchev–Trinajstić information content (AvgIpc) is 4.15. The zero-order valence-electron chi connectivity index (χ0n) is 35.3. The highest BCUT2D eigenvalue weighted by Gasteiger charge is 2.61. The average molecular weight is 840 g/mol. The highest BCUT2D eigenvalue weighted by atomic mass is 32.2. The minimum atomic E-state index is -3.86. The van der Waals surface area contributed by atoms with E-state index in [2.05, 4.69) is 21.5 Å². The third kappa shape index (κ3) is 8.36. The Balaban J connectivity index is 1.13. The summed E-state index contributed by atoms with van der Waals surface area (Å²) in [4.78, 5) is 68.2. The Hall–Kier alpha value is -4.98. The number of ether oxygens (including phenoxy) is 2. The highest BCUT2D eigenvalue weighted by Crippen LogP contribution is 2.57. The number of carbonyl (C=O) groups excluding carboxylic acids is 4. The van der Waals surface area contributed by atoms with Crippen molar-refractivity contribution in [3.63, 3.8) is 0 Å². The van der Waals surface area contributed by atoms with E-state index < -0.39 is 44.7 Å². The lowest BCUT2D eigenvalue weighted by molar-refractivity contribution is -0.143. The number of ketones is 2. The number of hydrogen-bond acceptors (Lipinski definition) is 11. The summed E-state index contributed by atoms with van der Waals surface area (Å²) in [6.07, 6.45) is 8.48. The predicted molar refractivity (Wildman–Crippen MR) is 230 cm³/mol. The van der Waals surface area contributed by atoms with Crippen LogP contribution in [-0.4, -0.2) is 99.9 Å². The predicted octanol–water partition coefficient (Wildman–Crippen LogP) is 5.95. The van der Waals surface area contributed by atoms with E-state index in [1.807, 2.05) is 75.5 Å². The van der Waals surface area contributed by atoms with Crippen LogP contribution in [0.4, 0.5) is 11.4 Å². The van der Waals surface area contributed by atoms with E-state index in [1.54, 1.807) is 23.2 Å². The number of likely N-dealkylation sites (N-methyl/N-ethyl adjacent to an activating group) is 1. The van der Waals surface area contributed by atoms with Crippen LogP contribution in [0, 0.1) is 29.1 Å². The maximum atomic E-state index is 15.2. The monoisotopic (exact) mass is 839 g/mol. The Morgan fingerprint density at radius 3 is 2.52 bits per heavy atom. The number of anilines is 2. The van der Waals surface area contributed by atoms with Crippen molar-refractivity contribution < 1.29 is 37.1 Å². The summed E-state index contributed by atoms with van der Waals surface area (Å²) in [5, 5.41) is 0.977. The molecule has 1 saturated heterocycles. The van der Waals surface area contributed by atoms with Crippen LogP contribution in [0.15, 0.2) is 60.8 Å². The molecule has 2 aromatic carbocycles. The number of allylic oxidation sites excluding steroid dienone is 2. The molecule has 3 aliphatic heterocycles. The fraction of sp³-hybridized carbons (Fsp3) is 0.543. The van der Waals surface area contributed by atoms with Crippen LogP contribution in [0.5, 0.6) is 11.6 Å². The second kappa shape index (κ2) is 16.5. The lowest BCUT2D eigenvalue weighted by Crippen LogP contribution is -2.47. The molecular formula is C46H57N5O8S. The van der Waals surface area contributed by atoms with E-state index in [0.29, 0.717) is 43.7 Å². The number of nitrogens with zero attached hydrogens (tertiary/aromatic N) is 4. The molecule has 5 aliphatic rings. The zero-order valence-corrected chi connectivity index (χ0v) is 36.1. The van der Waals surface area contributed by atoms with Gasteiger partial charge in [0, 0.05) is 74.5 Å². The molecule has 0 unspecified atom stereocenters. The van der Waals surface area contributed by atoms with Crippen LogP contribution >= 0.6 is 0 Å². The van der Waals surface area contributed by atoms with Crippen molar-refractivity contribution in [2.45, 2.75) is 89.0 Å². The first-order chi connectivity index (χ1) is 28.6. The quantitative estimate of drug-likeness (QED) is 0.201. The molecule has 1 N–H and O–H groups in total. The summed E-state index contributed by atoms with van der Waals surface area (Å²) >= 11 is 0. The van der Waals surface area contributed by atoms with Crippen LogP contribution < -0.4 is 24.0 Å². The van der Waals surface area contributed by atoms with E-state index in [1.165, 1.54) is 0 Å². The number of amides is 2. The van der Waals surface area contributed by atoms with Crippen molar-refractivity contribution in [1.82, 2.24) is 14.6 Å². The van der Waals surface area contributed by atoms with Gasteiger partial charge in [-0.05, 0) is 98.7 Å². The van der Waals surface area contributed by atoms with Gasteiger partial charge in [0.25, 0.3) is 0 Å². The second-order valence-corrected chi connectivity index (χ2v) is 20.1. The van der Waals surface area contributed by atoms with Gasteiger partial charge < -0.3 is 24.2 Å². The Morgan fingerprint density at radius 1 is 1.02 bits per heavy atom. The molecule has 0 spiro atoms. The number of nitrogens with one attached hydrogen (secondary N) is 1. The van der Waals surface area contributed by atoms with Crippen molar-refractivity contribution >= 4 is 55.6 Å². The number of carbonyl (C=O) groups is 4. The fourth-order valence-electron chi connectivity index (χ4n) is 9.55. The molecule has 320 valence electrons. The summed E-state index contributed by atoms with van der Waals surface area (Å²) in [6.45, 7) is 5.53. The molecule has 4 heterocycles. The van der Waals surface area contributed by atoms with E-state index in [-0.39, 0.29) is 61.0 Å². The Morgan fingerprint density at radius 2 is 1.78 bits per heavy atom. The number of benzene rings is 2. The summed E-state index contributed by atoms with van der Waals surface area (Å²) in [7, 11) is 2.02. The Labute approximate surface area is 352 Å². The van der Waals surface area contributed by atoms with Crippen LogP contribution in [0.3, 0.4) is 0 Å². The largest absolute Gasteiger partial charge is 0.489 e. The third-order valence-corrected chi connectivity index (χ3v) is 15.3. The summed E-state index contributed by atoms with van der Waals surface area (Å²) < 4.78 is 41.1. The maximum absolute atomic E-state index is 15.2. The van der Waals surface area contributed by atoms with E-state index in [9.17, 15) is 22.8 Å². The number of fused-ring (bicyclic) bond motifs is 5. The van der Waals surface area contributed by atoms with E-state index in [4.69, 9.17) is 9.47 Å². The van der Waals surface area contributed by atoms with Crippen LogP contribution in [0.2, 0.25) is 0 Å². The number of sulfonamides is 1. The van der Waals surface area contributed by atoms with Gasteiger partial charge in [0.2, 0.25) is 27.7 Å². The van der Waals surface area contributed by atoms with Crippen LogP contribution in [-0.2, 0) is 24.4 Å². The molecule has 14 heteroatoms. The van der Waals surface area contributed by atoms with Gasteiger partial charge in [-0.15, -0.1) is 0 Å². The number of Topliss-reactive ketones (excluding diaryl/α,β-unsaturated/α-hetero) is 2. The van der Waals surface area contributed by atoms with Crippen molar-refractivity contribution in [3.05, 3.63) is 66.4 Å². The molecule has 0 bridgehead atoms. The molecule has 2 saturated carbocycles. The maximum Gasteiger partial charge on any atom is 0.240 e. The standard InChI is InChI=1S/C46H57N5O8S/c1-28-8-6-7-9-31-25-46(31,45(55)48-60(56,57)34-14-15-34)26-41(53)39-23-33(59-43-36-16-17-38-42(35(36)18-19-47-43)58-21-20-50(38)5)27-51(39)44(54)37(29(2)22-28)24-40(52)30-10-12-32(13-11-30)49(3)4/h7,9-13,16-19,28-29,31,33-34,37,39H,6,8,14-15,20-27H2,1-5H3,(H,48,55)/b9-7-/t28-,29+,31+,33+,37-,39-,46+/m0/s1. The van der Waals surface area contributed by atoms with Gasteiger partial charge in [0.15, 0.2) is 17.3 Å². The van der Waals surface area contributed by atoms with Gasteiger partial charge in [0.1, 0.15) is 12.7 Å². The van der Waals surface area contributed by atoms with E-state index >= 15 is 4.79 Å². The summed E-state index contributed by atoms with van der Waals surface area (Å²) in [6, 6.07) is 12.2. The molecule has 60 heavy (non-hydrogen) atoms. The second-order valence-electron chi connectivity index (χ2n) is 18.2. The molecular weight excluding hydrogens is 783 g/mol. The zero-order chi connectivity index (χ0) is 42.5. The minimum absolute atomic E-state index is 0.0330. The SMILES string of the molecule is C[C@H]1CC/C=C\[C@@H]2C[C@@]2(C(=O)NS(=O)(=O)C2CC2)CC(=O)[C@@H]2C[C@@H](Oc3nccc4c5c(ccc34)N(C)CCO5)CN2C(=O)[C@@H](CC(=O)c2ccc(N(C)C)cc2)[C@H](C)C1. The highest BCUT2D eigenvalue weighted by molar-refractivity contribution is 7.90. The molecule has 2 aliphatic carbocycles. The third-order valence-electron chi connectivity index (χ3n) is 13.5. The van der Waals surface area contributed by atoms with Crippen molar-refractivity contribution in [3.8, 4) is 11.6 Å². The molecule has 1 aromatic heterocycles. The van der Waals surface area contributed by atoms with Gasteiger partial charge in [0.05, 0.1) is 35.5 Å². The molecule has 8 rings (SSSR count). The first-order valence-electron chi connectivity index (χ1n) is 21.4. The van der Waals surface area contributed by atoms with Gasteiger partial charge >= 0.3 is 0 Å². The normalized spacial score (nSPS) is 28.9. The topological polar surface area (TPSA) is 156 Å². The van der Waals surface area contributed by atoms with Crippen LogP contribution in [0.25, 0.3) is 10.8 Å². The Bertz CT molecular complexity index is 2310. The Kier molecular flexibility index (Phi) is 11.5. The van der Waals surface area contributed by atoms with E-state index in [0.717, 1.165) is 47.3 Å². The molecule has 2 amide bonds. The number of rotatable bonds is 9. The van der Waals surface area contributed by atoms with Crippen molar-refractivity contribution in [2.24, 2.45) is 29.1 Å². The fourth-order valence-corrected chi connectivity index (χ4v) is 10.9. The smallest absolute Gasteiger partial charge is 0.240 e.